The van der Waals surface area contributed by atoms with Gasteiger partial charge in [-0.15, -0.1) is 11.3 Å². The van der Waals surface area contributed by atoms with E-state index in [1.807, 2.05) is 11.3 Å². The summed E-state index contributed by atoms with van der Waals surface area (Å²) in [6.07, 6.45) is 5.52. The molecule has 1 aromatic heterocycles. The molecule has 1 aliphatic rings. The van der Waals surface area contributed by atoms with Crippen LogP contribution in [-0.4, -0.2) is 30.6 Å². The lowest BCUT2D eigenvalue weighted by molar-refractivity contribution is 0.144. The summed E-state index contributed by atoms with van der Waals surface area (Å²) in [6.45, 7) is 8.20. The fourth-order valence-electron chi connectivity index (χ4n) is 2.88. The number of nitrogens with zero attached hydrogens (tertiary/aromatic N) is 1. The van der Waals surface area contributed by atoms with Crippen LogP contribution in [0.3, 0.4) is 0 Å². The van der Waals surface area contributed by atoms with Gasteiger partial charge in [-0.3, -0.25) is 4.90 Å². The third kappa shape index (κ3) is 3.81. The molecule has 0 aliphatic carbocycles. The molecule has 3 heteroatoms. The zero-order valence-electron chi connectivity index (χ0n) is 11.7. The molecule has 18 heavy (non-hydrogen) atoms. The maximum absolute atomic E-state index is 3.65. The van der Waals surface area contributed by atoms with Gasteiger partial charge in [-0.2, -0.15) is 0 Å². The zero-order chi connectivity index (χ0) is 12.8. The average molecular weight is 266 g/mol. The second kappa shape index (κ2) is 7.27. The molecule has 1 N–H and O–H groups in total. The van der Waals surface area contributed by atoms with Crippen molar-refractivity contribution in [3.05, 3.63) is 22.4 Å². The van der Waals surface area contributed by atoms with Gasteiger partial charge in [-0.1, -0.05) is 19.4 Å². The van der Waals surface area contributed by atoms with Crippen LogP contribution in [0.25, 0.3) is 0 Å². The molecule has 2 unspecified atom stereocenters. The van der Waals surface area contributed by atoms with Gasteiger partial charge in [0, 0.05) is 30.1 Å². The van der Waals surface area contributed by atoms with Crippen LogP contribution in [0.15, 0.2) is 17.5 Å². The standard InChI is InChI=1S/C15H26N2S/c1-3-14-7-4-5-10-17(14)11-9-16-13(2)15-8-6-12-18-15/h6,8,12-14,16H,3-5,7,9-11H2,1-2H3. The summed E-state index contributed by atoms with van der Waals surface area (Å²) in [7, 11) is 0. The van der Waals surface area contributed by atoms with Gasteiger partial charge in [0.1, 0.15) is 0 Å². The van der Waals surface area contributed by atoms with Crippen LogP contribution in [0.4, 0.5) is 0 Å². The molecule has 2 nitrogen and oxygen atoms in total. The number of hydrogen-bond donors (Lipinski definition) is 1. The molecular weight excluding hydrogens is 240 g/mol. The molecule has 0 radical (unpaired) electrons. The van der Waals surface area contributed by atoms with Crippen molar-refractivity contribution >= 4 is 11.3 Å². The minimum atomic E-state index is 0.495. The molecule has 0 aromatic carbocycles. The first-order valence-corrected chi connectivity index (χ1v) is 8.20. The van der Waals surface area contributed by atoms with Crippen LogP contribution in [0, 0.1) is 0 Å². The highest BCUT2D eigenvalue weighted by atomic mass is 32.1. The molecule has 1 saturated heterocycles. The Morgan fingerprint density at radius 2 is 2.39 bits per heavy atom. The summed E-state index contributed by atoms with van der Waals surface area (Å²) >= 11 is 1.85. The Labute approximate surface area is 115 Å². The number of likely N-dealkylation sites (tertiary alicyclic amines) is 1. The molecule has 1 aromatic rings. The summed E-state index contributed by atoms with van der Waals surface area (Å²) in [6, 6.07) is 5.68. The normalized spacial score (nSPS) is 23.1. The Morgan fingerprint density at radius 1 is 1.50 bits per heavy atom. The van der Waals surface area contributed by atoms with Crippen molar-refractivity contribution in [3.8, 4) is 0 Å². The van der Waals surface area contributed by atoms with Crippen molar-refractivity contribution in [3.63, 3.8) is 0 Å². The Morgan fingerprint density at radius 3 is 3.11 bits per heavy atom. The zero-order valence-corrected chi connectivity index (χ0v) is 12.5. The first-order chi connectivity index (χ1) is 8.81. The first-order valence-electron chi connectivity index (χ1n) is 7.32. The molecule has 2 atom stereocenters. The van der Waals surface area contributed by atoms with E-state index in [2.05, 4.69) is 41.6 Å². The highest BCUT2D eigenvalue weighted by Crippen LogP contribution is 2.20. The number of piperidine rings is 1. The third-order valence-electron chi connectivity index (χ3n) is 4.04. The van der Waals surface area contributed by atoms with Crippen LogP contribution in [0.5, 0.6) is 0 Å². The molecule has 0 bridgehead atoms. The topological polar surface area (TPSA) is 15.3 Å². The van der Waals surface area contributed by atoms with E-state index in [1.54, 1.807) is 0 Å². The molecule has 1 fully saturated rings. The monoisotopic (exact) mass is 266 g/mol. The highest BCUT2D eigenvalue weighted by Gasteiger charge is 2.20. The molecule has 2 heterocycles. The molecule has 0 amide bonds. The van der Waals surface area contributed by atoms with Crippen molar-refractivity contribution < 1.29 is 0 Å². The van der Waals surface area contributed by atoms with Crippen LogP contribution in [0.1, 0.15) is 50.4 Å². The van der Waals surface area contributed by atoms with Crippen LogP contribution >= 0.6 is 11.3 Å². The summed E-state index contributed by atoms with van der Waals surface area (Å²) in [5, 5.41) is 5.80. The van der Waals surface area contributed by atoms with Crippen LogP contribution in [-0.2, 0) is 0 Å². The largest absolute Gasteiger partial charge is 0.308 e. The number of nitrogens with one attached hydrogen (secondary N) is 1. The van der Waals surface area contributed by atoms with E-state index in [9.17, 15) is 0 Å². The summed E-state index contributed by atoms with van der Waals surface area (Å²) in [4.78, 5) is 4.12. The van der Waals surface area contributed by atoms with E-state index < -0.39 is 0 Å². The van der Waals surface area contributed by atoms with Crippen molar-refractivity contribution in [1.29, 1.82) is 0 Å². The Balaban J connectivity index is 1.71. The summed E-state index contributed by atoms with van der Waals surface area (Å²) in [5.74, 6) is 0. The Kier molecular flexibility index (Phi) is 5.67. The van der Waals surface area contributed by atoms with Gasteiger partial charge in [0.25, 0.3) is 0 Å². The summed E-state index contributed by atoms with van der Waals surface area (Å²) in [5.41, 5.74) is 0. The fraction of sp³-hybridized carbons (Fsp3) is 0.733. The number of thiophene rings is 1. The average Bonchev–Trinajstić information content (AvgIpc) is 2.93. The smallest absolute Gasteiger partial charge is 0.0386 e. The molecule has 0 spiro atoms. The summed E-state index contributed by atoms with van der Waals surface area (Å²) < 4.78 is 0. The molecule has 1 aliphatic heterocycles. The SMILES string of the molecule is CCC1CCCCN1CCNC(C)c1cccs1. The quantitative estimate of drug-likeness (QED) is 0.845. The van der Waals surface area contributed by atoms with E-state index in [-0.39, 0.29) is 0 Å². The van der Waals surface area contributed by atoms with E-state index in [1.165, 1.54) is 43.6 Å². The van der Waals surface area contributed by atoms with Gasteiger partial charge < -0.3 is 5.32 Å². The maximum Gasteiger partial charge on any atom is 0.0386 e. The predicted molar refractivity (Wildman–Crippen MR) is 80.2 cm³/mol. The predicted octanol–water partition coefficient (Wildman–Crippen LogP) is 3.66. The van der Waals surface area contributed by atoms with Crippen molar-refractivity contribution in [1.82, 2.24) is 10.2 Å². The number of rotatable bonds is 6. The van der Waals surface area contributed by atoms with E-state index in [0.29, 0.717) is 6.04 Å². The van der Waals surface area contributed by atoms with E-state index in [0.717, 1.165) is 12.6 Å². The minimum Gasteiger partial charge on any atom is -0.308 e. The van der Waals surface area contributed by atoms with E-state index in [4.69, 9.17) is 0 Å². The molecule has 102 valence electrons. The number of hydrogen-bond acceptors (Lipinski definition) is 3. The molecule has 2 rings (SSSR count). The van der Waals surface area contributed by atoms with E-state index >= 15 is 0 Å². The minimum absolute atomic E-state index is 0.495. The van der Waals surface area contributed by atoms with Gasteiger partial charge in [0.2, 0.25) is 0 Å². The van der Waals surface area contributed by atoms with Crippen LogP contribution in [0.2, 0.25) is 0 Å². The highest BCUT2D eigenvalue weighted by molar-refractivity contribution is 7.10. The lowest BCUT2D eigenvalue weighted by Crippen LogP contribution is -2.42. The Hall–Kier alpha value is -0.380. The van der Waals surface area contributed by atoms with Crippen molar-refractivity contribution in [2.45, 2.75) is 51.6 Å². The first kappa shape index (κ1) is 14.0. The van der Waals surface area contributed by atoms with Gasteiger partial charge in [-0.05, 0) is 44.2 Å². The second-order valence-corrected chi connectivity index (χ2v) is 6.26. The second-order valence-electron chi connectivity index (χ2n) is 5.29. The van der Waals surface area contributed by atoms with Gasteiger partial charge >= 0.3 is 0 Å². The lowest BCUT2D eigenvalue weighted by Gasteiger charge is -2.35. The van der Waals surface area contributed by atoms with Crippen molar-refractivity contribution in [2.75, 3.05) is 19.6 Å². The van der Waals surface area contributed by atoms with Gasteiger partial charge in [0.05, 0.1) is 0 Å². The molecule has 0 saturated carbocycles. The molecular formula is C15H26N2S. The Bertz CT molecular complexity index is 323. The van der Waals surface area contributed by atoms with Gasteiger partial charge in [-0.25, -0.2) is 0 Å². The van der Waals surface area contributed by atoms with Crippen LogP contribution < -0.4 is 5.32 Å². The van der Waals surface area contributed by atoms with Crippen molar-refractivity contribution in [2.24, 2.45) is 0 Å². The maximum atomic E-state index is 3.65. The fourth-order valence-corrected chi connectivity index (χ4v) is 3.64. The third-order valence-corrected chi connectivity index (χ3v) is 5.09. The lowest BCUT2D eigenvalue weighted by atomic mass is 10.0. The van der Waals surface area contributed by atoms with Gasteiger partial charge in [0.15, 0.2) is 0 Å².